The molecule has 0 bridgehead atoms. The molecule has 4 nitrogen and oxygen atoms in total. The lowest BCUT2D eigenvalue weighted by Crippen LogP contribution is -2.39. The highest BCUT2D eigenvalue weighted by Gasteiger charge is 2.30. The highest BCUT2D eigenvalue weighted by Crippen LogP contribution is 2.23. The normalized spacial score (nSPS) is 15.9. The molecule has 0 fully saturated rings. The van der Waals surface area contributed by atoms with E-state index in [4.69, 9.17) is 0 Å². The molecule has 0 radical (unpaired) electrons. The monoisotopic (exact) mass is 291 g/mol. The minimum absolute atomic E-state index is 0.150. The van der Waals surface area contributed by atoms with E-state index in [1.165, 1.54) is 18.2 Å². The molecule has 0 saturated carbocycles. The SMILES string of the molecule is C=CCC1=CC(=O)N(S(=O)(=O)c2ccc(C)cc2)CC1. The van der Waals surface area contributed by atoms with Crippen LogP contribution in [0.25, 0.3) is 0 Å². The summed E-state index contributed by atoms with van der Waals surface area (Å²) in [5, 5.41) is 0. The minimum atomic E-state index is -3.75. The molecule has 1 aromatic carbocycles. The molecular weight excluding hydrogens is 274 g/mol. The van der Waals surface area contributed by atoms with Gasteiger partial charge in [-0.25, -0.2) is 12.7 Å². The Morgan fingerprint density at radius 2 is 1.95 bits per heavy atom. The van der Waals surface area contributed by atoms with Crippen LogP contribution < -0.4 is 0 Å². The molecule has 0 saturated heterocycles. The second-order valence-electron chi connectivity index (χ2n) is 4.77. The maximum absolute atomic E-state index is 12.4. The average molecular weight is 291 g/mol. The van der Waals surface area contributed by atoms with Crippen LogP contribution in [-0.2, 0) is 14.8 Å². The van der Waals surface area contributed by atoms with Crippen molar-refractivity contribution in [3.8, 4) is 0 Å². The summed E-state index contributed by atoms with van der Waals surface area (Å²) < 4.78 is 25.8. The topological polar surface area (TPSA) is 54.5 Å². The summed E-state index contributed by atoms with van der Waals surface area (Å²) >= 11 is 0. The van der Waals surface area contributed by atoms with E-state index in [9.17, 15) is 13.2 Å². The molecule has 1 aliphatic heterocycles. The lowest BCUT2D eigenvalue weighted by Gasteiger charge is -2.25. The van der Waals surface area contributed by atoms with Crippen LogP contribution in [0, 0.1) is 6.92 Å². The number of hydrogen-bond acceptors (Lipinski definition) is 3. The molecule has 0 atom stereocenters. The van der Waals surface area contributed by atoms with Crippen LogP contribution in [-0.4, -0.2) is 25.2 Å². The first-order valence-electron chi connectivity index (χ1n) is 6.39. The Bertz CT molecular complexity index is 657. The maximum atomic E-state index is 12.4. The van der Waals surface area contributed by atoms with Crippen molar-refractivity contribution in [1.29, 1.82) is 0 Å². The van der Waals surface area contributed by atoms with Crippen molar-refractivity contribution in [2.75, 3.05) is 6.54 Å². The first-order valence-corrected chi connectivity index (χ1v) is 7.83. The molecule has 0 aliphatic carbocycles. The van der Waals surface area contributed by atoms with Crippen molar-refractivity contribution in [2.45, 2.75) is 24.7 Å². The molecule has 0 spiro atoms. The van der Waals surface area contributed by atoms with E-state index < -0.39 is 15.9 Å². The Labute approximate surface area is 119 Å². The average Bonchev–Trinajstić information content (AvgIpc) is 2.39. The molecule has 1 aromatic rings. The van der Waals surface area contributed by atoms with Gasteiger partial charge in [-0.15, -0.1) is 6.58 Å². The molecule has 0 N–H and O–H groups in total. The number of carbonyl (C=O) groups excluding carboxylic acids is 1. The number of sulfonamides is 1. The van der Waals surface area contributed by atoms with Gasteiger partial charge in [0.05, 0.1) is 4.90 Å². The Balaban J connectivity index is 2.30. The second kappa shape index (κ2) is 5.63. The van der Waals surface area contributed by atoms with Crippen LogP contribution in [0.4, 0.5) is 0 Å². The summed E-state index contributed by atoms with van der Waals surface area (Å²) in [5.74, 6) is -0.478. The van der Waals surface area contributed by atoms with Gasteiger partial charge in [-0.3, -0.25) is 4.79 Å². The third-order valence-corrected chi connectivity index (χ3v) is 5.04. The zero-order chi connectivity index (χ0) is 14.8. The standard InChI is InChI=1S/C15H17NO3S/c1-3-4-13-9-10-16(15(17)11-13)20(18,19)14-7-5-12(2)6-8-14/h3,5-8,11H,1,4,9-10H2,2H3. The van der Waals surface area contributed by atoms with Gasteiger partial charge in [-0.1, -0.05) is 29.3 Å². The lowest BCUT2D eigenvalue weighted by atomic mass is 10.1. The molecule has 1 aliphatic rings. The van der Waals surface area contributed by atoms with Crippen molar-refractivity contribution >= 4 is 15.9 Å². The molecule has 0 aromatic heterocycles. The fraction of sp³-hybridized carbons (Fsp3) is 0.267. The second-order valence-corrected chi connectivity index (χ2v) is 6.64. The number of carbonyl (C=O) groups is 1. The number of rotatable bonds is 4. The fourth-order valence-corrected chi connectivity index (χ4v) is 3.45. The molecule has 2 rings (SSSR count). The number of hydrogen-bond donors (Lipinski definition) is 0. The third kappa shape index (κ3) is 2.82. The fourth-order valence-electron chi connectivity index (χ4n) is 2.10. The maximum Gasteiger partial charge on any atom is 0.266 e. The highest BCUT2D eigenvalue weighted by molar-refractivity contribution is 7.89. The van der Waals surface area contributed by atoms with Crippen LogP contribution >= 0.6 is 0 Å². The summed E-state index contributed by atoms with van der Waals surface area (Å²) in [7, 11) is -3.75. The van der Waals surface area contributed by atoms with E-state index in [-0.39, 0.29) is 11.4 Å². The number of benzene rings is 1. The molecule has 106 valence electrons. The predicted octanol–water partition coefficient (Wildman–Crippen LogP) is 2.42. The largest absolute Gasteiger partial charge is 0.269 e. The third-order valence-electron chi connectivity index (χ3n) is 3.22. The van der Waals surface area contributed by atoms with E-state index in [1.807, 2.05) is 6.92 Å². The summed E-state index contributed by atoms with van der Waals surface area (Å²) in [5.41, 5.74) is 1.89. The summed E-state index contributed by atoms with van der Waals surface area (Å²) in [6.45, 7) is 5.69. The van der Waals surface area contributed by atoms with Crippen LogP contribution in [0.5, 0.6) is 0 Å². The lowest BCUT2D eigenvalue weighted by molar-refractivity contribution is -0.122. The van der Waals surface area contributed by atoms with Crippen LogP contribution in [0.2, 0.25) is 0 Å². The summed E-state index contributed by atoms with van der Waals surface area (Å²) in [6, 6.07) is 6.50. The first kappa shape index (κ1) is 14.5. The summed E-state index contributed by atoms with van der Waals surface area (Å²) in [4.78, 5) is 12.2. The highest BCUT2D eigenvalue weighted by atomic mass is 32.2. The van der Waals surface area contributed by atoms with E-state index >= 15 is 0 Å². The Hall–Kier alpha value is -1.88. The molecule has 0 unspecified atom stereocenters. The Morgan fingerprint density at radius 3 is 2.50 bits per heavy atom. The van der Waals surface area contributed by atoms with Crippen molar-refractivity contribution in [1.82, 2.24) is 4.31 Å². The van der Waals surface area contributed by atoms with Gasteiger partial charge >= 0.3 is 0 Å². The van der Waals surface area contributed by atoms with Gasteiger partial charge in [0.25, 0.3) is 15.9 Å². The van der Waals surface area contributed by atoms with Crippen molar-refractivity contribution < 1.29 is 13.2 Å². The van der Waals surface area contributed by atoms with Gasteiger partial charge in [-0.05, 0) is 31.9 Å². The predicted molar refractivity (Wildman–Crippen MR) is 77.6 cm³/mol. The molecule has 20 heavy (non-hydrogen) atoms. The molecule has 5 heteroatoms. The quantitative estimate of drug-likeness (QED) is 0.801. The zero-order valence-electron chi connectivity index (χ0n) is 11.4. The van der Waals surface area contributed by atoms with Gasteiger partial charge in [-0.2, -0.15) is 0 Å². The number of amides is 1. The van der Waals surface area contributed by atoms with Gasteiger partial charge in [0.15, 0.2) is 0 Å². The molecular formula is C15H17NO3S. The van der Waals surface area contributed by atoms with E-state index in [1.54, 1.807) is 18.2 Å². The Morgan fingerprint density at radius 1 is 1.30 bits per heavy atom. The first-order chi connectivity index (χ1) is 9.45. The van der Waals surface area contributed by atoms with E-state index in [0.717, 1.165) is 15.4 Å². The van der Waals surface area contributed by atoms with Crippen molar-refractivity contribution in [2.24, 2.45) is 0 Å². The van der Waals surface area contributed by atoms with Gasteiger partial charge in [0.2, 0.25) is 0 Å². The van der Waals surface area contributed by atoms with Gasteiger partial charge < -0.3 is 0 Å². The van der Waals surface area contributed by atoms with Crippen LogP contribution in [0.15, 0.2) is 53.5 Å². The minimum Gasteiger partial charge on any atom is -0.269 e. The number of nitrogens with zero attached hydrogens (tertiary/aromatic N) is 1. The molecule has 1 amide bonds. The summed E-state index contributed by atoms with van der Waals surface area (Å²) in [6.07, 6.45) is 4.28. The van der Waals surface area contributed by atoms with Crippen LogP contribution in [0.3, 0.4) is 0 Å². The van der Waals surface area contributed by atoms with Gasteiger partial charge in [0.1, 0.15) is 0 Å². The number of allylic oxidation sites excluding steroid dienone is 1. The molecule has 1 heterocycles. The number of aryl methyl sites for hydroxylation is 1. The van der Waals surface area contributed by atoms with E-state index in [0.29, 0.717) is 12.8 Å². The zero-order valence-corrected chi connectivity index (χ0v) is 12.2. The van der Waals surface area contributed by atoms with Crippen molar-refractivity contribution in [3.63, 3.8) is 0 Å². The van der Waals surface area contributed by atoms with Gasteiger partial charge in [0, 0.05) is 12.6 Å². The van der Waals surface area contributed by atoms with Crippen LogP contribution in [0.1, 0.15) is 18.4 Å². The van der Waals surface area contributed by atoms with Crippen molar-refractivity contribution in [3.05, 3.63) is 54.1 Å². The Kier molecular flexibility index (Phi) is 4.09. The van der Waals surface area contributed by atoms with E-state index in [2.05, 4.69) is 6.58 Å². The smallest absolute Gasteiger partial charge is 0.266 e.